The van der Waals surface area contributed by atoms with Gasteiger partial charge in [-0.3, -0.25) is 0 Å². The van der Waals surface area contributed by atoms with Crippen LogP contribution in [-0.2, 0) is 6.54 Å². The second kappa shape index (κ2) is 8.05. The highest BCUT2D eigenvalue weighted by Gasteiger charge is 2.08. The first kappa shape index (κ1) is 19.2. The monoisotopic (exact) mass is 406 g/mol. The van der Waals surface area contributed by atoms with Crippen LogP contribution < -0.4 is 10.6 Å². The highest BCUT2D eigenvalue weighted by molar-refractivity contribution is 6.31. The van der Waals surface area contributed by atoms with Gasteiger partial charge in [-0.05, 0) is 55.8 Å². The first-order valence-corrected chi connectivity index (χ1v) is 9.63. The zero-order chi connectivity index (χ0) is 20.4. The molecule has 0 bridgehead atoms. The number of nitrogens with one attached hydrogen (secondary N) is 2. The largest absolute Gasteiger partial charge is 0.381 e. The van der Waals surface area contributed by atoms with Gasteiger partial charge in [0.05, 0.1) is 10.5 Å². The molecule has 0 aliphatic rings. The Kier molecular flexibility index (Phi) is 5.32. The number of aryl methyl sites for hydroxylation is 2. The summed E-state index contributed by atoms with van der Waals surface area (Å²) in [6.45, 7) is 4.92. The summed E-state index contributed by atoms with van der Waals surface area (Å²) in [4.78, 5) is 8.68. The third-order valence-corrected chi connectivity index (χ3v) is 4.89. The van der Waals surface area contributed by atoms with Crippen molar-refractivity contribution >= 4 is 39.7 Å². The van der Waals surface area contributed by atoms with Crippen LogP contribution >= 0.6 is 11.6 Å². The molecule has 1 aromatic heterocycles. The van der Waals surface area contributed by atoms with Gasteiger partial charge in [0.15, 0.2) is 0 Å². The number of hydrogen-bond acceptors (Lipinski definition) is 4. The lowest BCUT2D eigenvalue weighted by Gasteiger charge is -2.12. The molecule has 0 radical (unpaired) electrons. The number of fused-ring (bicyclic) bond motifs is 1. The molecule has 0 unspecified atom stereocenters. The van der Waals surface area contributed by atoms with Crippen molar-refractivity contribution in [3.8, 4) is 0 Å². The molecule has 1 heterocycles. The second-order valence-corrected chi connectivity index (χ2v) is 7.46. The molecular weight excluding hydrogens is 387 g/mol. The van der Waals surface area contributed by atoms with Gasteiger partial charge in [0.1, 0.15) is 18.0 Å². The third-order valence-electron chi connectivity index (χ3n) is 4.60. The number of benzene rings is 3. The predicted molar refractivity (Wildman–Crippen MR) is 117 cm³/mol. The van der Waals surface area contributed by atoms with E-state index in [9.17, 15) is 4.39 Å². The van der Waals surface area contributed by atoms with Gasteiger partial charge in [0.25, 0.3) is 0 Å². The van der Waals surface area contributed by atoms with E-state index in [2.05, 4.69) is 52.6 Å². The van der Waals surface area contributed by atoms with Crippen molar-refractivity contribution in [1.29, 1.82) is 0 Å². The van der Waals surface area contributed by atoms with Crippen LogP contribution in [0.1, 0.15) is 16.7 Å². The van der Waals surface area contributed by atoms with Crippen LogP contribution in [-0.4, -0.2) is 9.97 Å². The SMILES string of the molecule is Cc1cc(C)cc(CNc2ccc3ncnc(Nc4ccc(F)c(Cl)c4)c3c2)c1. The molecule has 0 aliphatic heterocycles. The van der Waals surface area contributed by atoms with Crippen molar-refractivity contribution in [2.24, 2.45) is 0 Å². The van der Waals surface area contributed by atoms with E-state index in [0.717, 1.165) is 23.1 Å². The van der Waals surface area contributed by atoms with Crippen LogP contribution in [0.3, 0.4) is 0 Å². The highest BCUT2D eigenvalue weighted by Crippen LogP contribution is 2.28. The Hall–Kier alpha value is -3.18. The van der Waals surface area contributed by atoms with Crippen LogP contribution in [0.25, 0.3) is 10.9 Å². The average molecular weight is 407 g/mol. The molecule has 2 N–H and O–H groups in total. The molecule has 0 aliphatic carbocycles. The van der Waals surface area contributed by atoms with E-state index in [1.807, 2.05) is 18.2 Å². The molecule has 0 atom stereocenters. The van der Waals surface area contributed by atoms with Crippen LogP contribution in [0.15, 0.2) is 60.9 Å². The smallest absolute Gasteiger partial charge is 0.141 e. The maximum Gasteiger partial charge on any atom is 0.141 e. The summed E-state index contributed by atoms with van der Waals surface area (Å²) in [5, 5.41) is 7.58. The fourth-order valence-electron chi connectivity index (χ4n) is 3.35. The summed E-state index contributed by atoms with van der Waals surface area (Å²) in [5.74, 6) is 0.176. The first-order chi connectivity index (χ1) is 14.0. The molecule has 146 valence electrons. The molecule has 29 heavy (non-hydrogen) atoms. The van der Waals surface area contributed by atoms with E-state index in [1.54, 1.807) is 6.07 Å². The minimum absolute atomic E-state index is 0.0594. The lowest BCUT2D eigenvalue weighted by molar-refractivity contribution is 0.628. The molecule has 4 aromatic rings. The average Bonchev–Trinajstić information content (AvgIpc) is 2.69. The molecule has 0 spiro atoms. The number of aromatic nitrogens is 2. The third kappa shape index (κ3) is 4.46. The van der Waals surface area contributed by atoms with Crippen molar-refractivity contribution in [3.05, 3.63) is 88.5 Å². The summed E-state index contributed by atoms with van der Waals surface area (Å²) >= 11 is 5.89. The molecule has 3 aromatic carbocycles. The minimum atomic E-state index is -0.456. The van der Waals surface area contributed by atoms with Crippen LogP contribution in [0, 0.1) is 19.7 Å². The number of anilines is 3. The van der Waals surface area contributed by atoms with E-state index in [4.69, 9.17) is 11.6 Å². The maximum absolute atomic E-state index is 13.4. The molecule has 4 nitrogen and oxygen atoms in total. The van der Waals surface area contributed by atoms with Crippen molar-refractivity contribution in [2.45, 2.75) is 20.4 Å². The molecule has 0 saturated carbocycles. The van der Waals surface area contributed by atoms with E-state index in [-0.39, 0.29) is 5.02 Å². The van der Waals surface area contributed by atoms with E-state index < -0.39 is 5.82 Å². The summed E-state index contributed by atoms with van der Waals surface area (Å²) in [7, 11) is 0. The number of nitrogens with zero attached hydrogens (tertiary/aromatic N) is 2. The quantitative estimate of drug-likeness (QED) is 0.403. The summed E-state index contributed by atoms with van der Waals surface area (Å²) < 4.78 is 13.4. The summed E-state index contributed by atoms with van der Waals surface area (Å²) in [6, 6.07) is 16.9. The van der Waals surface area contributed by atoms with Gasteiger partial charge in [-0.15, -0.1) is 0 Å². The van der Waals surface area contributed by atoms with Crippen LogP contribution in [0.2, 0.25) is 5.02 Å². The van der Waals surface area contributed by atoms with Gasteiger partial charge in [-0.1, -0.05) is 40.9 Å². The fraction of sp³-hybridized carbons (Fsp3) is 0.130. The molecule has 0 saturated heterocycles. The van der Waals surface area contributed by atoms with Crippen molar-refractivity contribution in [1.82, 2.24) is 9.97 Å². The van der Waals surface area contributed by atoms with Gasteiger partial charge in [-0.2, -0.15) is 0 Å². The first-order valence-electron chi connectivity index (χ1n) is 9.26. The van der Waals surface area contributed by atoms with Crippen LogP contribution in [0.5, 0.6) is 0 Å². The molecule has 6 heteroatoms. The molecule has 0 fully saturated rings. The van der Waals surface area contributed by atoms with Gasteiger partial charge < -0.3 is 10.6 Å². The molecular formula is C23H20ClFN4. The fourth-order valence-corrected chi connectivity index (χ4v) is 3.53. The number of hydrogen-bond donors (Lipinski definition) is 2. The van der Waals surface area contributed by atoms with E-state index in [1.165, 1.54) is 35.2 Å². The number of rotatable bonds is 5. The van der Waals surface area contributed by atoms with Crippen LogP contribution in [0.4, 0.5) is 21.6 Å². The maximum atomic E-state index is 13.4. The molecule has 0 amide bonds. The van der Waals surface area contributed by atoms with Gasteiger partial charge >= 0.3 is 0 Å². The Morgan fingerprint density at radius 3 is 2.41 bits per heavy atom. The lowest BCUT2D eigenvalue weighted by Crippen LogP contribution is -2.01. The predicted octanol–water partition coefficient (Wildman–Crippen LogP) is 6.39. The summed E-state index contributed by atoms with van der Waals surface area (Å²) in [6.07, 6.45) is 1.50. The Bertz CT molecular complexity index is 1170. The Morgan fingerprint density at radius 2 is 1.66 bits per heavy atom. The van der Waals surface area contributed by atoms with Crippen molar-refractivity contribution < 1.29 is 4.39 Å². The van der Waals surface area contributed by atoms with E-state index in [0.29, 0.717) is 11.5 Å². The van der Waals surface area contributed by atoms with Gasteiger partial charge in [0.2, 0.25) is 0 Å². The summed E-state index contributed by atoms with van der Waals surface area (Å²) in [5.41, 5.74) is 6.16. The number of halogens is 2. The van der Waals surface area contributed by atoms with Gasteiger partial charge in [-0.25, -0.2) is 14.4 Å². The topological polar surface area (TPSA) is 49.8 Å². The lowest BCUT2D eigenvalue weighted by atomic mass is 10.1. The normalized spacial score (nSPS) is 10.9. The standard InChI is InChI=1S/C23H20ClFN4/c1-14-7-15(2)9-16(8-14)12-26-17-4-6-22-19(10-17)23(28-13-27-22)29-18-3-5-21(25)20(24)11-18/h3-11,13,26H,12H2,1-2H3,(H,27,28,29). The van der Waals surface area contributed by atoms with Gasteiger partial charge in [0, 0.05) is 23.3 Å². The minimum Gasteiger partial charge on any atom is -0.381 e. The molecule has 4 rings (SSSR count). The zero-order valence-corrected chi connectivity index (χ0v) is 16.9. The highest BCUT2D eigenvalue weighted by atomic mass is 35.5. The Balaban J connectivity index is 1.60. The Morgan fingerprint density at radius 1 is 0.897 bits per heavy atom. The Labute approximate surface area is 173 Å². The second-order valence-electron chi connectivity index (χ2n) is 7.06. The van der Waals surface area contributed by atoms with Crippen molar-refractivity contribution in [3.63, 3.8) is 0 Å². The van der Waals surface area contributed by atoms with Crippen molar-refractivity contribution in [2.75, 3.05) is 10.6 Å². The zero-order valence-electron chi connectivity index (χ0n) is 16.1. The van der Waals surface area contributed by atoms with E-state index >= 15 is 0 Å².